The first kappa shape index (κ1) is 19.9. The maximum Gasteiger partial charge on any atom is 0.255 e. The normalized spacial score (nSPS) is 22.4. The highest BCUT2D eigenvalue weighted by Crippen LogP contribution is 2.38. The van der Waals surface area contributed by atoms with Crippen molar-refractivity contribution in [3.8, 4) is 11.4 Å². The summed E-state index contributed by atoms with van der Waals surface area (Å²) in [6.07, 6.45) is 7.78. The number of fused-ring (bicyclic) bond motifs is 3. The number of amides is 1. The number of aromatic nitrogens is 3. The minimum absolute atomic E-state index is 0.00258. The number of carbonyl (C=O) groups is 1. The van der Waals surface area contributed by atoms with Crippen molar-refractivity contribution >= 4 is 23.3 Å². The molecule has 4 heterocycles. The molecule has 3 aromatic rings. The Balaban J connectivity index is 1.44. The molecule has 158 valence electrons. The van der Waals surface area contributed by atoms with E-state index in [1.807, 2.05) is 11.0 Å². The highest BCUT2D eigenvalue weighted by molar-refractivity contribution is 6.30. The van der Waals surface area contributed by atoms with E-state index in [1.54, 1.807) is 36.8 Å². The van der Waals surface area contributed by atoms with Crippen LogP contribution in [0.4, 0.5) is 10.2 Å². The van der Waals surface area contributed by atoms with Gasteiger partial charge in [0, 0.05) is 36.7 Å². The largest absolute Gasteiger partial charge is 0.365 e. The summed E-state index contributed by atoms with van der Waals surface area (Å²) in [7, 11) is 0. The van der Waals surface area contributed by atoms with E-state index >= 15 is 0 Å². The zero-order chi connectivity index (χ0) is 21.4. The van der Waals surface area contributed by atoms with Gasteiger partial charge in [-0.15, -0.1) is 0 Å². The third-order valence-corrected chi connectivity index (χ3v) is 6.34. The monoisotopic (exact) mass is 437 g/mol. The standard InChI is InChI=1S/C23H21ClFN5O/c24-15-3-7-21(28-12-15)29-19-10-14-2-6-20(19)30(13-14)23(31)18-11-16(25)4-5-17(18)22-26-8-1-9-27-22/h1,3-5,7-9,11-12,14,19-20H,2,6,10,13H2,(H,28,29)/t14-,19-,20+/m1/s1. The molecule has 0 unspecified atom stereocenters. The molecule has 0 radical (unpaired) electrons. The number of piperidine rings is 2. The van der Waals surface area contributed by atoms with E-state index < -0.39 is 5.82 Å². The van der Waals surface area contributed by atoms with Gasteiger partial charge < -0.3 is 10.2 Å². The van der Waals surface area contributed by atoms with Gasteiger partial charge in [-0.1, -0.05) is 11.6 Å². The number of benzene rings is 1. The molecule has 0 spiro atoms. The molecule has 8 heteroatoms. The number of carbonyl (C=O) groups excluding carboxylic acids is 1. The molecule has 1 amide bonds. The molecule has 3 aliphatic rings. The summed E-state index contributed by atoms with van der Waals surface area (Å²) in [4.78, 5) is 28.4. The van der Waals surface area contributed by atoms with Crippen LogP contribution in [-0.4, -0.2) is 44.4 Å². The predicted molar refractivity (Wildman–Crippen MR) is 116 cm³/mol. The summed E-state index contributed by atoms with van der Waals surface area (Å²) < 4.78 is 14.1. The van der Waals surface area contributed by atoms with Crippen LogP contribution in [0, 0.1) is 11.7 Å². The SMILES string of the molecule is O=C(c1cc(F)ccc1-c1ncccn1)N1C[C@@H]2CC[C@H]1[C@H](Nc1ccc(Cl)cn1)C2. The summed E-state index contributed by atoms with van der Waals surface area (Å²) in [5.74, 6) is 0.896. The molecule has 3 fully saturated rings. The molecule has 6 nitrogen and oxygen atoms in total. The molecule has 1 aliphatic carbocycles. The number of pyridine rings is 1. The second-order valence-corrected chi connectivity index (χ2v) is 8.52. The number of halogens is 2. The fraction of sp³-hybridized carbons (Fsp3) is 0.304. The second-order valence-electron chi connectivity index (χ2n) is 8.08. The van der Waals surface area contributed by atoms with E-state index in [2.05, 4.69) is 20.3 Å². The van der Waals surface area contributed by atoms with Gasteiger partial charge >= 0.3 is 0 Å². The van der Waals surface area contributed by atoms with Crippen LogP contribution in [0.5, 0.6) is 0 Å². The Labute approximate surface area is 184 Å². The van der Waals surface area contributed by atoms with E-state index in [0.717, 1.165) is 25.1 Å². The number of nitrogens with one attached hydrogen (secondary N) is 1. The van der Waals surface area contributed by atoms with Gasteiger partial charge in [-0.25, -0.2) is 19.3 Å². The topological polar surface area (TPSA) is 71.0 Å². The van der Waals surface area contributed by atoms with Crippen LogP contribution >= 0.6 is 11.6 Å². The average molecular weight is 438 g/mol. The van der Waals surface area contributed by atoms with Gasteiger partial charge in [0.2, 0.25) is 0 Å². The smallest absolute Gasteiger partial charge is 0.255 e. The fourth-order valence-corrected chi connectivity index (χ4v) is 4.83. The van der Waals surface area contributed by atoms with E-state index in [9.17, 15) is 9.18 Å². The molecule has 31 heavy (non-hydrogen) atoms. The minimum atomic E-state index is -0.453. The van der Waals surface area contributed by atoms with Gasteiger partial charge in [-0.05, 0) is 61.6 Å². The van der Waals surface area contributed by atoms with E-state index in [1.165, 1.54) is 12.1 Å². The van der Waals surface area contributed by atoms with Crippen LogP contribution in [0.2, 0.25) is 5.02 Å². The first-order chi connectivity index (χ1) is 15.1. The maximum absolute atomic E-state index is 14.1. The summed E-state index contributed by atoms with van der Waals surface area (Å²) in [5.41, 5.74) is 0.833. The summed E-state index contributed by atoms with van der Waals surface area (Å²) in [6.45, 7) is 0.668. The van der Waals surface area contributed by atoms with Crippen LogP contribution in [0.3, 0.4) is 0 Å². The van der Waals surface area contributed by atoms with Crippen LogP contribution < -0.4 is 5.32 Å². The Bertz CT molecular complexity index is 1090. The molecule has 6 rings (SSSR count). The van der Waals surface area contributed by atoms with Crippen molar-refractivity contribution in [3.63, 3.8) is 0 Å². The van der Waals surface area contributed by atoms with Crippen molar-refractivity contribution in [2.75, 3.05) is 11.9 Å². The van der Waals surface area contributed by atoms with Crippen molar-refractivity contribution in [2.45, 2.75) is 31.3 Å². The minimum Gasteiger partial charge on any atom is -0.365 e. The first-order valence-electron chi connectivity index (χ1n) is 10.3. The molecule has 1 aromatic carbocycles. The average Bonchev–Trinajstić information content (AvgIpc) is 2.81. The molecule has 1 N–H and O–H groups in total. The summed E-state index contributed by atoms with van der Waals surface area (Å²) in [5, 5.41) is 4.05. The summed E-state index contributed by atoms with van der Waals surface area (Å²) in [6, 6.07) is 9.62. The maximum atomic E-state index is 14.1. The van der Waals surface area contributed by atoms with Gasteiger partial charge in [0.25, 0.3) is 5.91 Å². The Morgan fingerprint density at radius 3 is 2.71 bits per heavy atom. The lowest BCUT2D eigenvalue weighted by molar-refractivity contribution is 0.0282. The quantitative estimate of drug-likeness (QED) is 0.653. The Morgan fingerprint density at radius 1 is 1.13 bits per heavy atom. The molecule has 2 aliphatic heterocycles. The van der Waals surface area contributed by atoms with Crippen molar-refractivity contribution < 1.29 is 9.18 Å². The summed E-state index contributed by atoms with van der Waals surface area (Å²) >= 11 is 5.94. The predicted octanol–water partition coefficient (Wildman–Crippen LogP) is 4.44. The lowest BCUT2D eigenvalue weighted by Crippen LogP contribution is -2.59. The molecular formula is C23H21ClFN5O. The van der Waals surface area contributed by atoms with E-state index in [4.69, 9.17) is 11.6 Å². The van der Waals surface area contributed by atoms with Gasteiger partial charge in [-0.2, -0.15) is 0 Å². The second kappa shape index (κ2) is 8.23. The molecule has 2 aromatic heterocycles. The number of anilines is 1. The highest BCUT2D eigenvalue weighted by atomic mass is 35.5. The number of hydrogen-bond acceptors (Lipinski definition) is 5. The third-order valence-electron chi connectivity index (χ3n) is 6.12. The molecule has 2 bridgehead atoms. The van der Waals surface area contributed by atoms with Crippen LogP contribution in [0.25, 0.3) is 11.4 Å². The van der Waals surface area contributed by atoms with E-state index in [0.29, 0.717) is 34.4 Å². The molecule has 2 saturated heterocycles. The Kier molecular flexibility index (Phi) is 5.28. The third kappa shape index (κ3) is 3.97. The van der Waals surface area contributed by atoms with Crippen molar-refractivity contribution in [3.05, 3.63) is 71.4 Å². The lowest BCUT2D eigenvalue weighted by Gasteiger charge is -2.50. The van der Waals surface area contributed by atoms with Crippen molar-refractivity contribution in [1.29, 1.82) is 0 Å². The Morgan fingerprint density at radius 2 is 1.97 bits per heavy atom. The van der Waals surface area contributed by atoms with Crippen molar-refractivity contribution in [2.24, 2.45) is 5.92 Å². The van der Waals surface area contributed by atoms with Crippen LogP contribution in [0.15, 0.2) is 55.0 Å². The zero-order valence-electron chi connectivity index (χ0n) is 16.7. The molecule has 3 atom stereocenters. The van der Waals surface area contributed by atoms with Crippen LogP contribution in [-0.2, 0) is 0 Å². The van der Waals surface area contributed by atoms with Crippen molar-refractivity contribution in [1.82, 2.24) is 19.9 Å². The number of rotatable bonds is 4. The number of nitrogens with zero attached hydrogens (tertiary/aromatic N) is 4. The van der Waals surface area contributed by atoms with Gasteiger partial charge in [0.1, 0.15) is 11.6 Å². The fourth-order valence-electron chi connectivity index (χ4n) is 4.72. The van der Waals surface area contributed by atoms with Gasteiger partial charge in [0.05, 0.1) is 16.6 Å². The van der Waals surface area contributed by atoms with Gasteiger partial charge in [0.15, 0.2) is 5.82 Å². The zero-order valence-corrected chi connectivity index (χ0v) is 17.5. The number of hydrogen-bond donors (Lipinski definition) is 1. The van der Waals surface area contributed by atoms with Gasteiger partial charge in [-0.3, -0.25) is 4.79 Å². The molecular weight excluding hydrogens is 417 g/mol. The van der Waals surface area contributed by atoms with E-state index in [-0.39, 0.29) is 18.0 Å². The Hall–Kier alpha value is -3.06. The first-order valence-corrected chi connectivity index (χ1v) is 10.7. The lowest BCUT2D eigenvalue weighted by atomic mass is 9.76. The highest BCUT2D eigenvalue weighted by Gasteiger charge is 2.43. The molecule has 1 saturated carbocycles. The van der Waals surface area contributed by atoms with Crippen LogP contribution in [0.1, 0.15) is 29.6 Å².